The molecule has 0 aromatic carbocycles. The molecule has 19 heavy (non-hydrogen) atoms. The van der Waals surface area contributed by atoms with E-state index in [-0.39, 0.29) is 5.91 Å². The highest BCUT2D eigenvalue weighted by atomic mass is 16.1. The summed E-state index contributed by atoms with van der Waals surface area (Å²) in [5.74, 6) is 0.866. The van der Waals surface area contributed by atoms with Gasteiger partial charge < -0.3 is 15.2 Å². The van der Waals surface area contributed by atoms with Crippen LogP contribution < -0.4 is 5.32 Å². The van der Waals surface area contributed by atoms with Crippen molar-refractivity contribution >= 4 is 5.91 Å². The normalized spacial score (nSPS) is 20.4. The number of carbonyl (C=O) groups is 1. The van der Waals surface area contributed by atoms with Gasteiger partial charge in [0, 0.05) is 37.8 Å². The minimum Gasteiger partial charge on any atom is -0.356 e. The van der Waals surface area contributed by atoms with E-state index in [1.807, 2.05) is 0 Å². The Morgan fingerprint density at radius 2 is 2.53 bits per heavy atom. The van der Waals surface area contributed by atoms with Gasteiger partial charge in [0.2, 0.25) is 5.91 Å². The lowest BCUT2D eigenvalue weighted by Crippen LogP contribution is -2.33. The van der Waals surface area contributed by atoms with E-state index >= 15 is 0 Å². The van der Waals surface area contributed by atoms with Crippen LogP contribution in [0.5, 0.6) is 0 Å². The summed E-state index contributed by atoms with van der Waals surface area (Å²) >= 11 is 0. The van der Waals surface area contributed by atoms with Crippen LogP contribution >= 0.6 is 0 Å². The first kappa shape index (κ1) is 14.1. The highest BCUT2D eigenvalue weighted by molar-refractivity contribution is 5.75. The van der Waals surface area contributed by atoms with E-state index in [1.165, 1.54) is 19.4 Å². The maximum Gasteiger partial charge on any atom is 0.220 e. The average Bonchev–Trinajstić information content (AvgIpc) is 2.90. The molecule has 5 nitrogen and oxygen atoms in total. The maximum atomic E-state index is 11.7. The second-order valence-corrected chi connectivity index (χ2v) is 5.49. The van der Waals surface area contributed by atoms with Gasteiger partial charge in [-0.1, -0.05) is 0 Å². The van der Waals surface area contributed by atoms with Gasteiger partial charge in [0.1, 0.15) is 0 Å². The molecule has 0 unspecified atom stereocenters. The zero-order chi connectivity index (χ0) is 13.5. The molecule has 5 heteroatoms. The molecule has 2 rings (SSSR count). The molecule has 1 aliphatic heterocycles. The second-order valence-electron chi connectivity index (χ2n) is 5.49. The van der Waals surface area contributed by atoms with Gasteiger partial charge in [-0.05, 0) is 38.8 Å². The highest BCUT2D eigenvalue weighted by Crippen LogP contribution is 2.19. The topological polar surface area (TPSA) is 61.0 Å². The molecule has 106 valence electrons. The lowest BCUT2D eigenvalue weighted by Gasteiger charge is -2.29. The molecular formula is C14H24N4O. The molecule has 1 amide bonds. The van der Waals surface area contributed by atoms with Gasteiger partial charge in [-0.15, -0.1) is 0 Å². The molecule has 0 spiro atoms. The fourth-order valence-corrected chi connectivity index (χ4v) is 2.69. The Morgan fingerprint density at radius 3 is 3.26 bits per heavy atom. The van der Waals surface area contributed by atoms with Gasteiger partial charge in [0.25, 0.3) is 0 Å². The van der Waals surface area contributed by atoms with E-state index in [9.17, 15) is 4.79 Å². The number of H-pyrrole nitrogens is 1. The Morgan fingerprint density at radius 1 is 1.63 bits per heavy atom. The molecule has 2 N–H and O–H groups in total. The lowest BCUT2D eigenvalue weighted by atomic mass is 9.93. The molecule has 0 radical (unpaired) electrons. The predicted octanol–water partition coefficient (Wildman–Crippen LogP) is 1.19. The van der Waals surface area contributed by atoms with Crippen LogP contribution in [0.1, 0.15) is 31.4 Å². The number of likely N-dealkylation sites (tertiary alicyclic amines) is 1. The number of aromatic amines is 1. The van der Waals surface area contributed by atoms with Gasteiger partial charge in [-0.25, -0.2) is 4.98 Å². The minimum atomic E-state index is 0.174. The number of rotatable bonds is 6. The molecule has 1 aromatic heterocycles. The first-order chi connectivity index (χ1) is 9.24. The number of carbonyl (C=O) groups excluding carboxylic acids is 1. The SMILES string of the molecule is CN1CCC[C@H](CCC(=O)NCCc2cnc[nH]2)C1. The van der Waals surface area contributed by atoms with E-state index in [2.05, 4.69) is 27.2 Å². The van der Waals surface area contributed by atoms with Crippen LogP contribution in [0.4, 0.5) is 0 Å². The number of hydrogen-bond donors (Lipinski definition) is 2. The van der Waals surface area contributed by atoms with Crippen LogP contribution in [0.25, 0.3) is 0 Å². The summed E-state index contributed by atoms with van der Waals surface area (Å²) in [5, 5.41) is 2.97. The van der Waals surface area contributed by atoms with E-state index in [4.69, 9.17) is 0 Å². The van der Waals surface area contributed by atoms with Gasteiger partial charge in [0.15, 0.2) is 0 Å². The quantitative estimate of drug-likeness (QED) is 0.811. The largest absolute Gasteiger partial charge is 0.356 e. The van der Waals surface area contributed by atoms with Crippen LogP contribution in [0, 0.1) is 5.92 Å². The fourth-order valence-electron chi connectivity index (χ4n) is 2.69. The molecule has 1 aliphatic rings. The number of imidazole rings is 1. The lowest BCUT2D eigenvalue weighted by molar-refractivity contribution is -0.121. The number of nitrogens with one attached hydrogen (secondary N) is 2. The summed E-state index contributed by atoms with van der Waals surface area (Å²) in [7, 11) is 2.16. The zero-order valence-corrected chi connectivity index (χ0v) is 11.7. The van der Waals surface area contributed by atoms with Crippen molar-refractivity contribution in [2.24, 2.45) is 5.92 Å². The Bertz CT molecular complexity index is 377. The summed E-state index contributed by atoms with van der Waals surface area (Å²) in [6.07, 6.45) is 8.48. The van der Waals surface area contributed by atoms with Gasteiger partial charge in [-0.3, -0.25) is 4.79 Å². The van der Waals surface area contributed by atoms with Crippen molar-refractivity contribution in [1.82, 2.24) is 20.2 Å². The van der Waals surface area contributed by atoms with Crippen molar-refractivity contribution in [1.29, 1.82) is 0 Å². The number of amides is 1. The molecule has 1 atom stereocenters. The van der Waals surface area contributed by atoms with E-state index in [0.717, 1.165) is 25.1 Å². The van der Waals surface area contributed by atoms with Crippen LogP contribution in [0.3, 0.4) is 0 Å². The molecular weight excluding hydrogens is 240 g/mol. The monoisotopic (exact) mass is 264 g/mol. The average molecular weight is 264 g/mol. The molecule has 0 bridgehead atoms. The predicted molar refractivity (Wildman–Crippen MR) is 74.8 cm³/mol. The van der Waals surface area contributed by atoms with Crippen molar-refractivity contribution in [3.63, 3.8) is 0 Å². The number of nitrogens with zero attached hydrogens (tertiary/aromatic N) is 2. The van der Waals surface area contributed by atoms with E-state index in [1.54, 1.807) is 12.5 Å². The zero-order valence-electron chi connectivity index (χ0n) is 11.7. The Balaban J connectivity index is 1.56. The first-order valence-electron chi connectivity index (χ1n) is 7.16. The van der Waals surface area contributed by atoms with Crippen LogP contribution in [0.15, 0.2) is 12.5 Å². The van der Waals surface area contributed by atoms with E-state index in [0.29, 0.717) is 18.9 Å². The van der Waals surface area contributed by atoms with Crippen molar-refractivity contribution in [2.75, 3.05) is 26.7 Å². The Kier molecular flexibility index (Phi) is 5.39. The smallest absolute Gasteiger partial charge is 0.220 e. The number of piperidine rings is 1. The fraction of sp³-hybridized carbons (Fsp3) is 0.714. The Labute approximate surface area is 114 Å². The highest BCUT2D eigenvalue weighted by Gasteiger charge is 2.17. The van der Waals surface area contributed by atoms with Crippen molar-refractivity contribution in [2.45, 2.75) is 32.1 Å². The Hall–Kier alpha value is -1.36. The molecule has 1 fully saturated rings. The third-order valence-electron chi connectivity index (χ3n) is 3.77. The summed E-state index contributed by atoms with van der Waals surface area (Å²) in [6.45, 7) is 3.03. The number of aromatic nitrogens is 2. The van der Waals surface area contributed by atoms with Gasteiger partial charge in [-0.2, -0.15) is 0 Å². The summed E-state index contributed by atoms with van der Waals surface area (Å²) in [6, 6.07) is 0. The number of hydrogen-bond acceptors (Lipinski definition) is 3. The van der Waals surface area contributed by atoms with Gasteiger partial charge >= 0.3 is 0 Å². The molecule has 0 saturated carbocycles. The third-order valence-corrected chi connectivity index (χ3v) is 3.77. The second kappa shape index (κ2) is 7.28. The third kappa shape index (κ3) is 5.03. The summed E-state index contributed by atoms with van der Waals surface area (Å²) in [4.78, 5) is 21.1. The molecule has 2 heterocycles. The minimum absolute atomic E-state index is 0.174. The van der Waals surface area contributed by atoms with Crippen LogP contribution in [-0.4, -0.2) is 47.5 Å². The maximum absolute atomic E-state index is 11.7. The summed E-state index contributed by atoms with van der Waals surface area (Å²) in [5.41, 5.74) is 1.06. The standard InChI is InChI=1S/C14H24N4O/c1-18-8-2-3-12(10-18)4-5-14(19)16-7-6-13-9-15-11-17-13/h9,11-12H,2-8,10H2,1H3,(H,15,17)(H,16,19)/t12-/m1/s1. The molecule has 1 saturated heterocycles. The first-order valence-corrected chi connectivity index (χ1v) is 7.16. The van der Waals surface area contributed by atoms with Gasteiger partial charge in [0.05, 0.1) is 6.33 Å². The molecule has 1 aromatic rings. The van der Waals surface area contributed by atoms with Crippen LogP contribution in [0.2, 0.25) is 0 Å². The molecule has 0 aliphatic carbocycles. The van der Waals surface area contributed by atoms with Crippen LogP contribution in [-0.2, 0) is 11.2 Å². The van der Waals surface area contributed by atoms with E-state index < -0.39 is 0 Å². The van der Waals surface area contributed by atoms with Crippen molar-refractivity contribution in [3.8, 4) is 0 Å². The van der Waals surface area contributed by atoms with Crippen molar-refractivity contribution < 1.29 is 4.79 Å². The van der Waals surface area contributed by atoms with Crippen molar-refractivity contribution in [3.05, 3.63) is 18.2 Å². The summed E-state index contributed by atoms with van der Waals surface area (Å²) < 4.78 is 0.